The van der Waals surface area contributed by atoms with Gasteiger partial charge in [0.05, 0.1) is 11.5 Å². The van der Waals surface area contributed by atoms with Gasteiger partial charge < -0.3 is 15.3 Å². The quantitative estimate of drug-likeness (QED) is 0.622. The minimum Gasteiger partial charge on any atom is -0.395 e. The molecule has 1 heterocycles. The molecule has 0 amide bonds. The maximum atomic E-state index is 11.0. The van der Waals surface area contributed by atoms with Crippen LogP contribution >= 0.6 is 11.6 Å². The molecule has 1 aromatic carbocycles. The van der Waals surface area contributed by atoms with Crippen LogP contribution < -0.4 is 5.32 Å². The molecular weight excluding hydrogens is 294 g/mol. The van der Waals surface area contributed by atoms with E-state index < -0.39 is 4.92 Å². The van der Waals surface area contributed by atoms with Gasteiger partial charge in [-0.15, -0.1) is 0 Å². The standard InChI is InChI=1S/C14H20ClN3O3/c15-12-1-2-13(14(9-12)18(20)21)16-10-11-3-5-17(6-4-11)7-8-19/h1-2,9,11,16,19H,3-8,10H2. The van der Waals surface area contributed by atoms with Gasteiger partial charge in [0.2, 0.25) is 0 Å². The van der Waals surface area contributed by atoms with E-state index in [9.17, 15) is 10.1 Å². The van der Waals surface area contributed by atoms with Gasteiger partial charge in [0.1, 0.15) is 5.69 Å². The molecule has 0 spiro atoms. The highest BCUT2D eigenvalue weighted by atomic mass is 35.5. The van der Waals surface area contributed by atoms with E-state index in [-0.39, 0.29) is 12.3 Å². The van der Waals surface area contributed by atoms with Gasteiger partial charge in [-0.2, -0.15) is 0 Å². The predicted octanol–water partition coefficient (Wildman–Crippen LogP) is 2.36. The minimum absolute atomic E-state index is 0.0141. The third-order valence-electron chi connectivity index (χ3n) is 3.86. The third-order valence-corrected chi connectivity index (χ3v) is 4.10. The van der Waals surface area contributed by atoms with E-state index in [0.29, 0.717) is 16.6 Å². The molecule has 1 saturated heterocycles. The maximum Gasteiger partial charge on any atom is 0.293 e. The lowest BCUT2D eigenvalue weighted by atomic mass is 9.96. The Balaban J connectivity index is 1.88. The number of halogens is 1. The van der Waals surface area contributed by atoms with E-state index in [0.717, 1.165) is 39.0 Å². The molecule has 0 bridgehead atoms. The average molecular weight is 314 g/mol. The zero-order valence-electron chi connectivity index (χ0n) is 11.8. The monoisotopic (exact) mass is 313 g/mol. The number of anilines is 1. The van der Waals surface area contributed by atoms with Crippen LogP contribution in [-0.4, -0.2) is 47.7 Å². The van der Waals surface area contributed by atoms with Gasteiger partial charge in [-0.3, -0.25) is 10.1 Å². The molecule has 7 heteroatoms. The average Bonchev–Trinajstić information content (AvgIpc) is 2.47. The summed E-state index contributed by atoms with van der Waals surface area (Å²) in [6, 6.07) is 4.68. The van der Waals surface area contributed by atoms with Crippen molar-refractivity contribution in [3.05, 3.63) is 33.3 Å². The summed E-state index contributed by atoms with van der Waals surface area (Å²) in [7, 11) is 0. The molecule has 1 aliphatic heterocycles. The number of benzene rings is 1. The molecule has 116 valence electrons. The van der Waals surface area contributed by atoms with Crippen molar-refractivity contribution < 1.29 is 10.0 Å². The lowest BCUT2D eigenvalue weighted by Crippen LogP contribution is -2.37. The predicted molar refractivity (Wildman–Crippen MR) is 82.8 cm³/mol. The number of piperidine rings is 1. The summed E-state index contributed by atoms with van der Waals surface area (Å²) in [6.07, 6.45) is 2.07. The Bertz CT molecular complexity index is 490. The molecule has 0 saturated carbocycles. The molecule has 1 fully saturated rings. The van der Waals surface area contributed by atoms with Gasteiger partial charge in [0, 0.05) is 24.2 Å². The molecule has 0 aliphatic carbocycles. The number of nitrogens with zero attached hydrogens (tertiary/aromatic N) is 2. The Labute approximate surface area is 128 Å². The van der Waals surface area contributed by atoms with Crippen LogP contribution in [0, 0.1) is 16.0 Å². The maximum absolute atomic E-state index is 11.0. The zero-order chi connectivity index (χ0) is 15.2. The van der Waals surface area contributed by atoms with Gasteiger partial charge in [-0.05, 0) is 44.0 Å². The summed E-state index contributed by atoms with van der Waals surface area (Å²) < 4.78 is 0. The van der Waals surface area contributed by atoms with Gasteiger partial charge >= 0.3 is 0 Å². The Morgan fingerprint density at radius 3 is 2.76 bits per heavy atom. The smallest absolute Gasteiger partial charge is 0.293 e. The number of aliphatic hydroxyl groups is 1. The molecule has 0 unspecified atom stereocenters. The first-order chi connectivity index (χ1) is 10.1. The molecule has 6 nitrogen and oxygen atoms in total. The summed E-state index contributed by atoms with van der Waals surface area (Å²) in [5.41, 5.74) is 0.530. The largest absolute Gasteiger partial charge is 0.395 e. The highest BCUT2D eigenvalue weighted by molar-refractivity contribution is 6.30. The molecule has 1 aromatic rings. The third kappa shape index (κ3) is 4.56. The van der Waals surface area contributed by atoms with E-state index in [4.69, 9.17) is 16.7 Å². The van der Waals surface area contributed by atoms with Crippen molar-refractivity contribution in [2.75, 3.05) is 38.1 Å². The normalized spacial score (nSPS) is 16.9. The second-order valence-corrected chi connectivity index (χ2v) is 5.74. The fraction of sp³-hybridized carbons (Fsp3) is 0.571. The summed E-state index contributed by atoms with van der Waals surface area (Å²) >= 11 is 5.80. The van der Waals surface area contributed by atoms with Crippen molar-refractivity contribution in [3.63, 3.8) is 0 Å². The minimum atomic E-state index is -0.419. The second kappa shape index (κ2) is 7.59. The fourth-order valence-corrected chi connectivity index (χ4v) is 2.78. The van der Waals surface area contributed by atoms with Crippen molar-refractivity contribution in [1.29, 1.82) is 0 Å². The van der Waals surface area contributed by atoms with E-state index in [1.54, 1.807) is 12.1 Å². The Morgan fingerprint density at radius 2 is 2.14 bits per heavy atom. The van der Waals surface area contributed by atoms with Gasteiger partial charge in [0.25, 0.3) is 5.69 Å². The van der Waals surface area contributed by atoms with Crippen molar-refractivity contribution in [3.8, 4) is 0 Å². The first kappa shape index (κ1) is 16.0. The zero-order valence-corrected chi connectivity index (χ0v) is 12.6. The number of likely N-dealkylation sites (tertiary alicyclic amines) is 1. The topological polar surface area (TPSA) is 78.6 Å². The van der Waals surface area contributed by atoms with Gasteiger partial charge in [-0.1, -0.05) is 11.6 Å². The lowest BCUT2D eigenvalue weighted by Gasteiger charge is -2.31. The number of rotatable bonds is 6. The molecule has 0 aromatic heterocycles. The molecule has 1 aliphatic rings. The molecular formula is C14H20ClN3O3. The second-order valence-electron chi connectivity index (χ2n) is 5.31. The van der Waals surface area contributed by atoms with Crippen LogP contribution in [0.1, 0.15) is 12.8 Å². The number of hydrogen-bond donors (Lipinski definition) is 2. The lowest BCUT2D eigenvalue weighted by molar-refractivity contribution is -0.383. The Kier molecular flexibility index (Phi) is 5.78. The number of hydrogen-bond acceptors (Lipinski definition) is 5. The molecule has 0 radical (unpaired) electrons. The van der Waals surface area contributed by atoms with E-state index in [2.05, 4.69) is 10.2 Å². The molecule has 21 heavy (non-hydrogen) atoms. The van der Waals surface area contributed by atoms with Crippen molar-refractivity contribution in [1.82, 2.24) is 4.90 Å². The summed E-state index contributed by atoms with van der Waals surface area (Å²) in [6.45, 7) is 3.57. The first-order valence-electron chi connectivity index (χ1n) is 7.11. The van der Waals surface area contributed by atoms with E-state index in [1.807, 2.05) is 0 Å². The number of aliphatic hydroxyl groups excluding tert-OH is 1. The van der Waals surface area contributed by atoms with Crippen LogP contribution in [0.5, 0.6) is 0 Å². The number of nitro benzene ring substituents is 1. The van der Waals surface area contributed by atoms with Crippen LogP contribution in [0.3, 0.4) is 0 Å². The molecule has 0 atom stereocenters. The summed E-state index contributed by atoms with van der Waals surface area (Å²) in [5, 5.41) is 23.5. The van der Waals surface area contributed by atoms with E-state index in [1.165, 1.54) is 6.07 Å². The fourth-order valence-electron chi connectivity index (χ4n) is 2.62. The van der Waals surface area contributed by atoms with Crippen molar-refractivity contribution in [2.45, 2.75) is 12.8 Å². The Hall–Kier alpha value is -1.37. The van der Waals surface area contributed by atoms with Gasteiger partial charge in [-0.25, -0.2) is 0 Å². The first-order valence-corrected chi connectivity index (χ1v) is 7.49. The summed E-state index contributed by atoms with van der Waals surface area (Å²) in [4.78, 5) is 12.8. The van der Waals surface area contributed by atoms with Crippen LogP contribution in [0.15, 0.2) is 18.2 Å². The highest BCUT2D eigenvalue weighted by Gasteiger charge is 2.20. The SMILES string of the molecule is O=[N+]([O-])c1cc(Cl)ccc1NCC1CCN(CCO)CC1. The van der Waals surface area contributed by atoms with Crippen LogP contribution in [0.2, 0.25) is 5.02 Å². The summed E-state index contributed by atoms with van der Waals surface area (Å²) in [5.74, 6) is 0.496. The van der Waals surface area contributed by atoms with Crippen LogP contribution in [-0.2, 0) is 0 Å². The number of β-amino-alcohol motifs (C(OH)–C–C–N with tert-alkyl or cyclic N) is 1. The molecule has 2 N–H and O–H groups in total. The van der Waals surface area contributed by atoms with E-state index >= 15 is 0 Å². The van der Waals surface area contributed by atoms with Crippen molar-refractivity contribution in [2.24, 2.45) is 5.92 Å². The van der Waals surface area contributed by atoms with Crippen LogP contribution in [0.25, 0.3) is 0 Å². The number of nitro groups is 1. The Morgan fingerprint density at radius 1 is 1.43 bits per heavy atom. The number of nitrogens with one attached hydrogen (secondary N) is 1. The van der Waals surface area contributed by atoms with Gasteiger partial charge in [0.15, 0.2) is 0 Å². The highest BCUT2D eigenvalue weighted by Crippen LogP contribution is 2.28. The molecule has 2 rings (SSSR count). The van der Waals surface area contributed by atoms with Crippen molar-refractivity contribution >= 4 is 23.0 Å². The van der Waals surface area contributed by atoms with Crippen LogP contribution in [0.4, 0.5) is 11.4 Å².